The lowest BCUT2D eigenvalue weighted by atomic mass is 10.0. The maximum Gasteiger partial charge on any atom is 0.197 e. The van der Waals surface area contributed by atoms with Gasteiger partial charge in [0.15, 0.2) is 17.2 Å². The van der Waals surface area contributed by atoms with E-state index in [2.05, 4.69) is 131 Å². The number of benzene rings is 7. The second-order valence-corrected chi connectivity index (χ2v) is 14.1. The van der Waals surface area contributed by atoms with Crippen molar-refractivity contribution < 1.29 is 4.42 Å². The molecule has 5 nitrogen and oxygen atoms in total. The predicted molar refractivity (Wildman–Crippen MR) is 209 cm³/mol. The molecule has 0 atom stereocenters. The second-order valence-electron chi connectivity index (χ2n) is 13.0. The molecule has 50 heavy (non-hydrogen) atoms. The molecule has 7 aromatic carbocycles. The number of rotatable bonds is 2. The first-order valence-corrected chi connectivity index (χ1v) is 17.6. The third kappa shape index (κ3) is 3.45. The van der Waals surface area contributed by atoms with Crippen molar-refractivity contribution >= 4 is 108 Å². The highest BCUT2D eigenvalue weighted by molar-refractivity contribution is 7.26. The van der Waals surface area contributed by atoms with E-state index >= 15 is 0 Å². The molecule has 0 aliphatic rings. The van der Waals surface area contributed by atoms with E-state index in [4.69, 9.17) is 14.4 Å². The van der Waals surface area contributed by atoms with E-state index in [-0.39, 0.29) is 0 Å². The average molecular weight is 657 g/mol. The third-order valence-corrected chi connectivity index (χ3v) is 11.5. The van der Waals surface area contributed by atoms with Crippen LogP contribution in [0.4, 0.5) is 0 Å². The monoisotopic (exact) mass is 656 g/mol. The minimum Gasteiger partial charge on any atom is -0.450 e. The molecule has 12 rings (SSSR count). The van der Waals surface area contributed by atoms with Gasteiger partial charge in [0.25, 0.3) is 0 Å². The summed E-state index contributed by atoms with van der Waals surface area (Å²) in [6.07, 6.45) is 0. The van der Waals surface area contributed by atoms with Crippen molar-refractivity contribution in [1.29, 1.82) is 0 Å². The van der Waals surface area contributed by atoms with Crippen LogP contribution >= 0.6 is 11.3 Å². The van der Waals surface area contributed by atoms with Crippen molar-refractivity contribution in [2.45, 2.75) is 0 Å². The molecule has 0 spiro atoms. The number of H-pyrrole nitrogens is 1. The fourth-order valence-electron chi connectivity index (χ4n) is 8.11. The van der Waals surface area contributed by atoms with E-state index in [1.807, 2.05) is 29.5 Å². The zero-order chi connectivity index (χ0) is 32.5. The average Bonchev–Trinajstić information content (AvgIpc) is 3.92. The van der Waals surface area contributed by atoms with Gasteiger partial charge < -0.3 is 9.40 Å². The number of nitrogens with zero attached hydrogens (tertiary/aromatic N) is 3. The van der Waals surface area contributed by atoms with Gasteiger partial charge in [0.1, 0.15) is 11.1 Å². The number of para-hydroxylation sites is 3. The summed E-state index contributed by atoms with van der Waals surface area (Å²) in [5.41, 5.74) is 7.79. The van der Waals surface area contributed by atoms with E-state index in [1.165, 1.54) is 47.2 Å². The van der Waals surface area contributed by atoms with Crippen LogP contribution < -0.4 is 0 Å². The van der Waals surface area contributed by atoms with Gasteiger partial charge in [-0.05, 0) is 47.2 Å². The van der Waals surface area contributed by atoms with Gasteiger partial charge in [-0.2, -0.15) is 0 Å². The summed E-state index contributed by atoms with van der Waals surface area (Å²) in [4.78, 5) is 14.4. The highest BCUT2D eigenvalue weighted by atomic mass is 32.1. The Balaban J connectivity index is 1.22. The smallest absolute Gasteiger partial charge is 0.197 e. The lowest BCUT2D eigenvalue weighted by Crippen LogP contribution is -2.02. The lowest BCUT2D eigenvalue weighted by molar-refractivity contribution is 0.662. The quantitative estimate of drug-likeness (QED) is 0.201. The summed E-state index contributed by atoms with van der Waals surface area (Å²) in [7, 11) is 0. The van der Waals surface area contributed by atoms with Crippen LogP contribution in [0, 0.1) is 0 Å². The SMILES string of the molecule is c1ccc2c(-c3nc(-n4c5ccccc5c5cc6c(cc54)sc4c6ccc5c6ccccc6[nH]c54)c4oc5ccccc5c4n3)cccc2c1. The number of furan rings is 1. The predicted octanol–water partition coefficient (Wildman–Crippen LogP) is 12.3. The number of aromatic amines is 1. The molecule has 0 unspecified atom stereocenters. The molecule has 0 radical (unpaired) electrons. The normalized spacial score (nSPS) is 12.4. The lowest BCUT2D eigenvalue weighted by Gasteiger charge is -2.11. The molecule has 5 heterocycles. The minimum absolute atomic E-state index is 0.672. The van der Waals surface area contributed by atoms with E-state index in [0.717, 1.165) is 55.2 Å². The maximum atomic E-state index is 6.65. The van der Waals surface area contributed by atoms with Crippen molar-refractivity contribution in [2.75, 3.05) is 0 Å². The van der Waals surface area contributed by atoms with Gasteiger partial charge in [0, 0.05) is 53.5 Å². The number of hydrogen-bond acceptors (Lipinski definition) is 4. The van der Waals surface area contributed by atoms with E-state index in [1.54, 1.807) is 0 Å². The van der Waals surface area contributed by atoms with Gasteiger partial charge in [-0.3, -0.25) is 4.57 Å². The van der Waals surface area contributed by atoms with Crippen LogP contribution in [0.1, 0.15) is 0 Å². The molecule has 0 bridgehead atoms. The van der Waals surface area contributed by atoms with Gasteiger partial charge in [0.05, 0.1) is 21.3 Å². The zero-order valence-corrected chi connectivity index (χ0v) is 27.3. The topological polar surface area (TPSA) is 59.6 Å². The second kappa shape index (κ2) is 9.56. The minimum atomic E-state index is 0.672. The molecule has 0 aliphatic heterocycles. The summed E-state index contributed by atoms with van der Waals surface area (Å²) in [5.74, 6) is 1.41. The number of nitrogens with one attached hydrogen (secondary N) is 1. The number of fused-ring (bicyclic) bond motifs is 14. The maximum absolute atomic E-state index is 6.65. The molecule has 0 amide bonds. The molecule has 0 aliphatic carbocycles. The van der Waals surface area contributed by atoms with Crippen LogP contribution in [-0.2, 0) is 0 Å². The Kier molecular flexibility index (Phi) is 5.06. The zero-order valence-electron chi connectivity index (χ0n) is 26.4. The van der Waals surface area contributed by atoms with Crippen molar-refractivity contribution in [2.24, 2.45) is 0 Å². The van der Waals surface area contributed by atoms with Crippen molar-refractivity contribution in [3.05, 3.63) is 140 Å². The highest BCUT2D eigenvalue weighted by Gasteiger charge is 2.23. The van der Waals surface area contributed by atoms with E-state index in [0.29, 0.717) is 11.4 Å². The summed E-state index contributed by atoms with van der Waals surface area (Å²) < 4.78 is 11.4. The summed E-state index contributed by atoms with van der Waals surface area (Å²) in [5, 5.41) is 10.6. The van der Waals surface area contributed by atoms with Crippen molar-refractivity contribution in [3.63, 3.8) is 0 Å². The van der Waals surface area contributed by atoms with Gasteiger partial charge in [-0.15, -0.1) is 11.3 Å². The molecule has 0 fully saturated rings. The summed E-state index contributed by atoms with van der Waals surface area (Å²) in [6.45, 7) is 0. The highest BCUT2D eigenvalue weighted by Crippen LogP contribution is 2.45. The molecule has 0 saturated heterocycles. The first-order chi connectivity index (χ1) is 24.8. The summed E-state index contributed by atoms with van der Waals surface area (Å²) >= 11 is 1.84. The first kappa shape index (κ1) is 26.5. The molecule has 5 aromatic heterocycles. The largest absolute Gasteiger partial charge is 0.450 e. The Morgan fingerprint density at radius 3 is 2.26 bits per heavy atom. The number of hydrogen-bond donors (Lipinski definition) is 1. The van der Waals surface area contributed by atoms with Crippen LogP contribution in [0.2, 0.25) is 0 Å². The van der Waals surface area contributed by atoms with Gasteiger partial charge >= 0.3 is 0 Å². The Labute approximate surface area is 287 Å². The fraction of sp³-hybridized carbons (Fsp3) is 0. The Morgan fingerprint density at radius 1 is 0.560 bits per heavy atom. The number of thiophene rings is 1. The third-order valence-electron chi connectivity index (χ3n) is 10.4. The standard InChI is InChI=1S/C44H24N4OS/c1-2-12-25-24(10-1)11-9-16-30(25)43-46-39-31-15-5-8-19-37(31)49-41(39)44(47-43)48-35-18-7-4-14-27(35)32-22-33-29-21-20-28-26-13-3-6-17-34(26)45-40(28)42(29)50-38(33)23-36(32)48/h1-23,45H. The molecular weight excluding hydrogens is 633 g/mol. The van der Waals surface area contributed by atoms with E-state index < -0.39 is 0 Å². The molecule has 12 aromatic rings. The Morgan fingerprint density at radius 2 is 1.32 bits per heavy atom. The first-order valence-electron chi connectivity index (χ1n) is 16.8. The van der Waals surface area contributed by atoms with Crippen molar-refractivity contribution in [3.8, 4) is 17.2 Å². The molecule has 232 valence electrons. The molecular formula is C44H24N4OS. The van der Waals surface area contributed by atoms with Gasteiger partial charge in [-0.25, -0.2) is 9.97 Å². The Bertz CT molecular complexity index is 3390. The van der Waals surface area contributed by atoms with Crippen molar-refractivity contribution in [1.82, 2.24) is 19.5 Å². The van der Waals surface area contributed by atoms with Crippen LogP contribution in [0.5, 0.6) is 0 Å². The van der Waals surface area contributed by atoms with Gasteiger partial charge in [-0.1, -0.05) is 103 Å². The molecule has 1 N–H and O–H groups in total. The van der Waals surface area contributed by atoms with E-state index in [9.17, 15) is 0 Å². The molecule has 0 saturated carbocycles. The Hall–Kier alpha value is -6.50. The van der Waals surface area contributed by atoms with Crippen LogP contribution in [0.25, 0.3) is 114 Å². The van der Waals surface area contributed by atoms with Crippen LogP contribution in [-0.4, -0.2) is 19.5 Å². The fourth-order valence-corrected chi connectivity index (χ4v) is 9.33. The number of aromatic nitrogens is 4. The van der Waals surface area contributed by atoms with Gasteiger partial charge in [0.2, 0.25) is 0 Å². The molecule has 6 heteroatoms. The summed E-state index contributed by atoms with van der Waals surface area (Å²) in [6, 6.07) is 49.4. The van der Waals surface area contributed by atoms with Crippen LogP contribution in [0.15, 0.2) is 144 Å². The van der Waals surface area contributed by atoms with Crippen LogP contribution in [0.3, 0.4) is 0 Å².